The van der Waals surface area contributed by atoms with E-state index in [1.165, 1.54) is 83.1 Å². The van der Waals surface area contributed by atoms with Gasteiger partial charge in [0.15, 0.2) is 0 Å². The van der Waals surface area contributed by atoms with Crippen molar-refractivity contribution < 1.29 is 28.0 Å². The molecule has 0 aliphatic rings. The van der Waals surface area contributed by atoms with Gasteiger partial charge < -0.3 is 15.5 Å². The van der Waals surface area contributed by atoms with Crippen LogP contribution in [-0.2, 0) is 14.9 Å². The molecular formula is C32H61NO6S. The SMILES string of the molecule is CCC/C=C/CC/C=C/C(O)C(CS(=O)(=O)O)NC(=O)C(O)CCCCCCCCCCCCCCCCCC. The zero-order chi connectivity index (χ0) is 29.9. The lowest BCUT2D eigenvalue weighted by Gasteiger charge is -2.22. The maximum atomic E-state index is 12.4. The van der Waals surface area contributed by atoms with Crippen LogP contribution < -0.4 is 5.32 Å². The van der Waals surface area contributed by atoms with Crippen molar-refractivity contribution in [3.63, 3.8) is 0 Å². The van der Waals surface area contributed by atoms with Crippen molar-refractivity contribution in [1.82, 2.24) is 5.32 Å². The molecule has 0 heterocycles. The maximum absolute atomic E-state index is 12.4. The zero-order valence-corrected chi connectivity index (χ0v) is 26.4. The van der Waals surface area contributed by atoms with E-state index in [1.54, 1.807) is 6.08 Å². The molecule has 236 valence electrons. The lowest BCUT2D eigenvalue weighted by Crippen LogP contribution is -2.50. The number of hydrogen-bond donors (Lipinski definition) is 4. The largest absolute Gasteiger partial charge is 0.387 e. The maximum Gasteiger partial charge on any atom is 0.267 e. The molecule has 40 heavy (non-hydrogen) atoms. The quantitative estimate of drug-likeness (QED) is 0.0429. The summed E-state index contributed by atoms with van der Waals surface area (Å²) >= 11 is 0. The molecule has 3 atom stereocenters. The van der Waals surface area contributed by atoms with Crippen molar-refractivity contribution in [1.29, 1.82) is 0 Å². The molecule has 0 aliphatic heterocycles. The highest BCUT2D eigenvalue weighted by molar-refractivity contribution is 7.85. The van der Waals surface area contributed by atoms with Gasteiger partial charge >= 0.3 is 0 Å². The summed E-state index contributed by atoms with van der Waals surface area (Å²) in [6.45, 7) is 4.35. The third-order valence-corrected chi connectivity index (χ3v) is 8.00. The number of carbonyl (C=O) groups is 1. The Morgan fingerprint density at radius 3 is 1.60 bits per heavy atom. The zero-order valence-electron chi connectivity index (χ0n) is 25.6. The van der Waals surface area contributed by atoms with Crippen molar-refractivity contribution in [2.45, 2.75) is 167 Å². The van der Waals surface area contributed by atoms with Crippen molar-refractivity contribution in [3.05, 3.63) is 24.3 Å². The molecule has 0 bridgehead atoms. The third-order valence-electron chi connectivity index (χ3n) is 7.22. The van der Waals surface area contributed by atoms with Gasteiger partial charge in [-0.1, -0.05) is 147 Å². The van der Waals surface area contributed by atoms with E-state index in [0.717, 1.165) is 38.5 Å². The van der Waals surface area contributed by atoms with Crippen molar-refractivity contribution in [2.24, 2.45) is 0 Å². The number of amides is 1. The molecule has 0 saturated heterocycles. The van der Waals surface area contributed by atoms with Gasteiger partial charge in [0.25, 0.3) is 10.1 Å². The molecule has 0 aromatic heterocycles. The Balaban J connectivity index is 4.07. The van der Waals surface area contributed by atoms with E-state index in [9.17, 15) is 28.0 Å². The summed E-state index contributed by atoms with van der Waals surface area (Å²) in [7, 11) is -4.43. The Kier molecular flexibility index (Phi) is 25.9. The Bertz CT molecular complexity index is 753. The van der Waals surface area contributed by atoms with Crippen molar-refractivity contribution in [2.75, 3.05) is 5.75 Å². The molecule has 0 saturated carbocycles. The highest BCUT2D eigenvalue weighted by atomic mass is 32.2. The van der Waals surface area contributed by atoms with Gasteiger partial charge in [0, 0.05) is 0 Å². The van der Waals surface area contributed by atoms with E-state index in [1.807, 2.05) is 6.08 Å². The lowest BCUT2D eigenvalue weighted by atomic mass is 10.0. The monoisotopic (exact) mass is 587 g/mol. The second kappa shape index (κ2) is 26.7. The van der Waals surface area contributed by atoms with Gasteiger partial charge in [-0.25, -0.2) is 0 Å². The molecule has 0 aliphatic carbocycles. The fourth-order valence-electron chi connectivity index (χ4n) is 4.71. The average molecular weight is 588 g/mol. The summed E-state index contributed by atoms with van der Waals surface area (Å²) in [5.74, 6) is -1.56. The second-order valence-electron chi connectivity index (χ2n) is 11.2. The molecule has 0 spiro atoms. The van der Waals surface area contributed by atoms with Crippen LogP contribution in [0.1, 0.15) is 149 Å². The highest BCUT2D eigenvalue weighted by Crippen LogP contribution is 2.14. The topological polar surface area (TPSA) is 124 Å². The van der Waals surface area contributed by atoms with E-state index in [4.69, 9.17) is 0 Å². The first-order chi connectivity index (χ1) is 19.2. The first-order valence-corrected chi connectivity index (χ1v) is 17.8. The first kappa shape index (κ1) is 38.8. The van der Waals surface area contributed by atoms with Crippen LogP contribution in [0.3, 0.4) is 0 Å². The molecule has 1 amide bonds. The van der Waals surface area contributed by atoms with E-state index in [2.05, 4.69) is 25.2 Å². The van der Waals surface area contributed by atoms with E-state index >= 15 is 0 Å². The van der Waals surface area contributed by atoms with Gasteiger partial charge in [0.1, 0.15) is 6.10 Å². The predicted octanol–water partition coefficient (Wildman–Crippen LogP) is 7.43. The molecule has 4 N–H and O–H groups in total. The summed E-state index contributed by atoms with van der Waals surface area (Å²) in [5.41, 5.74) is 0. The number of aliphatic hydroxyl groups excluding tert-OH is 2. The third kappa shape index (κ3) is 25.7. The van der Waals surface area contributed by atoms with E-state index in [0.29, 0.717) is 12.8 Å². The molecule has 0 aromatic carbocycles. The Morgan fingerprint density at radius 2 is 1.12 bits per heavy atom. The summed E-state index contributed by atoms with van der Waals surface area (Å²) in [6, 6.07) is -1.24. The number of unbranched alkanes of at least 4 members (excludes halogenated alkanes) is 17. The van der Waals surface area contributed by atoms with Crippen LogP contribution in [0, 0.1) is 0 Å². The van der Waals surface area contributed by atoms with E-state index in [-0.39, 0.29) is 6.42 Å². The van der Waals surface area contributed by atoms with Gasteiger partial charge in [-0.3, -0.25) is 9.35 Å². The minimum atomic E-state index is -4.43. The standard InChI is InChI=1S/C32H61NO6S/c1-3-5-7-9-11-12-13-14-15-16-17-18-19-21-23-25-27-31(35)32(36)33-29(28-40(37,38)39)30(34)26-24-22-20-10-8-6-4-2/h8,10,24,26,29-31,34-35H,3-7,9,11-23,25,27-28H2,1-2H3,(H,33,36)(H,37,38,39)/b10-8+,26-24+. The predicted molar refractivity (Wildman–Crippen MR) is 167 cm³/mol. The van der Waals surface area contributed by atoms with Crippen LogP contribution in [0.25, 0.3) is 0 Å². The summed E-state index contributed by atoms with van der Waals surface area (Å²) in [5, 5.41) is 23.0. The van der Waals surface area contributed by atoms with Crippen LogP contribution in [-0.4, -0.2) is 53.1 Å². The van der Waals surface area contributed by atoms with Crippen molar-refractivity contribution in [3.8, 4) is 0 Å². The Hall–Kier alpha value is -1.22. The van der Waals surface area contributed by atoms with Gasteiger partial charge in [-0.15, -0.1) is 0 Å². The number of allylic oxidation sites excluding steroid dienone is 3. The molecule has 7 nitrogen and oxygen atoms in total. The van der Waals surface area contributed by atoms with Crippen LogP contribution >= 0.6 is 0 Å². The minimum Gasteiger partial charge on any atom is -0.387 e. The second-order valence-corrected chi connectivity index (χ2v) is 12.7. The smallest absolute Gasteiger partial charge is 0.267 e. The molecule has 3 unspecified atom stereocenters. The first-order valence-electron chi connectivity index (χ1n) is 16.1. The number of carbonyl (C=O) groups excluding carboxylic acids is 1. The molecule has 8 heteroatoms. The number of aliphatic hydroxyl groups is 2. The highest BCUT2D eigenvalue weighted by Gasteiger charge is 2.27. The van der Waals surface area contributed by atoms with Gasteiger partial charge in [0.2, 0.25) is 5.91 Å². The van der Waals surface area contributed by atoms with Gasteiger partial charge in [-0.2, -0.15) is 8.42 Å². The Labute approximate surface area is 246 Å². The van der Waals surface area contributed by atoms with Crippen LogP contribution in [0.5, 0.6) is 0 Å². The van der Waals surface area contributed by atoms with Crippen LogP contribution in [0.2, 0.25) is 0 Å². The summed E-state index contributed by atoms with van der Waals surface area (Å²) < 4.78 is 32.1. The normalized spacial score (nSPS) is 14.6. The fraction of sp³-hybridized carbons (Fsp3) is 0.844. The molecule has 0 rings (SSSR count). The molecular weight excluding hydrogens is 526 g/mol. The number of hydrogen-bond acceptors (Lipinski definition) is 5. The molecule has 0 radical (unpaired) electrons. The number of rotatable bonds is 28. The van der Waals surface area contributed by atoms with Gasteiger partial charge in [0.05, 0.1) is 17.9 Å². The Morgan fingerprint density at radius 1 is 0.675 bits per heavy atom. The molecule has 0 fully saturated rings. The minimum absolute atomic E-state index is 0.277. The van der Waals surface area contributed by atoms with Gasteiger partial charge in [-0.05, 0) is 25.7 Å². The van der Waals surface area contributed by atoms with Crippen LogP contribution in [0.15, 0.2) is 24.3 Å². The molecule has 0 aromatic rings. The lowest BCUT2D eigenvalue weighted by molar-refractivity contribution is -0.130. The van der Waals surface area contributed by atoms with Crippen molar-refractivity contribution >= 4 is 16.0 Å². The summed E-state index contributed by atoms with van der Waals surface area (Å²) in [4.78, 5) is 12.4. The number of nitrogens with one attached hydrogen (secondary N) is 1. The average Bonchev–Trinajstić information content (AvgIpc) is 2.90. The summed E-state index contributed by atoms with van der Waals surface area (Å²) in [6.07, 6.45) is 28.4. The van der Waals surface area contributed by atoms with Crippen LogP contribution in [0.4, 0.5) is 0 Å². The van der Waals surface area contributed by atoms with E-state index < -0.39 is 40.0 Å². The fourth-order valence-corrected chi connectivity index (χ4v) is 5.45.